The minimum Gasteiger partial charge on any atom is -0.482 e. The van der Waals surface area contributed by atoms with Gasteiger partial charge in [-0.1, -0.05) is 35.9 Å². The summed E-state index contributed by atoms with van der Waals surface area (Å²) >= 11 is 5.78. The lowest BCUT2D eigenvalue weighted by Crippen LogP contribution is -2.34. The minimum atomic E-state index is -0.739. The Morgan fingerprint density at radius 2 is 1.71 bits per heavy atom. The maximum Gasteiger partial charge on any atom is 0.344 e. The van der Waals surface area contributed by atoms with Gasteiger partial charge in [0.05, 0.1) is 0 Å². The first-order valence-corrected chi connectivity index (χ1v) is 7.35. The number of hydrogen-bond donors (Lipinski definition) is 1. The molecule has 0 spiro atoms. The molecule has 7 heteroatoms. The Kier molecular flexibility index (Phi) is 6.33. The van der Waals surface area contributed by atoms with Gasteiger partial charge in [-0.3, -0.25) is 14.9 Å². The molecule has 24 heavy (non-hydrogen) atoms. The molecule has 0 heterocycles. The number of amides is 2. The molecule has 0 aliphatic rings. The van der Waals surface area contributed by atoms with Crippen LogP contribution in [-0.4, -0.2) is 31.0 Å². The average Bonchev–Trinajstić information content (AvgIpc) is 2.59. The van der Waals surface area contributed by atoms with E-state index in [2.05, 4.69) is 5.32 Å². The topological polar surface area (TPSA) is 81.7 Å². The van der Waals surface area contributed by atoms with Gasteiger partial charge in [-0.15, -0.1) is 0 Å². The van der Waals surface area contributed by atoms with Crippen molar-refractivity contribution in [1.82, 2.24) is 5.32 Å². The van der Waals surface area contributed by atoms with Crippen molar-refractivity contribution >= 4 is 29.4 Å². The SMILES string of the molecule is O=C(COC(=O)COc1cccc(Cl)c1)NC(=O)c1ccccc1. The molecule has 0 aromatic heterocycles. The number of hydrogen-bond acceptors (Lipinski definition) is 5. The Balaban J connectivity index is 1.71. The molecule has 2 aromatic carbocycles. The van der Waals surface area contributed by atoms with Crippen LogP contribution in [0.25, 0.3) is 0 Å². The minimum absolute atomic E-state index is 0.335. The van der Waals surface area contributed by atoms with Crippen molar-refractivity contribution in [1.29, 1.82) is 0 Å². The van der Waals surface area contributed by atoms with E-state index < -0.39 is 24.4 Å². The smallest absolute Gasteiger partial charge is 0.344 e. The van der Waals surface area contributed by atoms with Crippen LogP contribution in [0.2, 0.25) is 5.02 Å². The van der Waals surface area contributed by atoms with Crippen LogP contribution in [0, 0.1) is 0 Å². The molecular weight excluding hydrogens is 334 g/mol. The second-order valence-electron chi connectivity index (χ2n) is 4.65. The molecule has 0 saturated heterocycles. The molecule has 2 aromatic rings. The van der Waals surface area contributed by atoms with Crippen LogP contribution in [0.5, 0.6) is 5.75 Å². The summed E-state index contributed by atoms with van der Waals surface area (Å²) in [6.07, 6.45) is 0. The standard InChI is InChI=1S/C17H14ClNO5/c18-13-7-4-8-14(9-13)23-11-16(21)24-10-15(20)19-17(22)12-5-2-1-3-6-12/h1-9H,10-11H2,(H,19,20,22). The highest BCUT2D eigenvalue weighted by atomic mass is 35.5. The highest BCUT2D eigenvalue weighted by Crippen LogP contribution is 2.16. The quantitative estimate of drug-likeness (QED) is 0.810. The van der Waals surface area contributed by atoms with Crippen LogP contribution in [0.4, 0.5) is 0 Å². The van der Waals surface area contributed by atoms with E-state index in [-0.39, 0.29) is 6.61 Å². The number of imide groups is 1. The number of rotatable bonds is 6. The van der Waals surface area contributed by atoms with Gasteiger partial charge in [-0.25, -0.2) is 4.79 Å². The second kappa shape index (κ2) is 8.69. The van der Waals surface area contributed by atoms with Gasteiger partial charge in [-0.2, -0.15) is 0 Å². The van der Waals surface area contributed by atoms with Crippen LogP contribution in [-0.2, 0) is 14.3 Å². The molecule has 6 nitrogen and oxygen atoms in total. The number of carbonyl (C=O) groups is 3. The van der Waals surface area contributed by atoms with Gasteiger partial charge in [0.1, 0.15) is 5.75 Å². The molecule has 1 N–H and O–H groups in total. The third-order valence-electron chi connectivity index (χ3n) is 2.81. The highest BCUT2D eigenvalue weighted by molar-refractivity contribution is 6.30. The Morgan fingerprint density at radius 3 is 2.42 bits per heavy atom. The third-order valence-corrected chi connectivity index (χ3v) is 3.04. The van der Waals surface area contributed by atoms with Crippen LogP contribution in [0.1, 0.15) is 10.4 Å². The molecule has 0 bridgehead atoms. The Labute approximate surface area is 143 Å². The molecule has 2 rings (SSSR count). The van der Waals surface area contributed by atoms with Crippen molar-refractivity contribution in [3.8, 4) is 5.75 Å². The summed E-state index contributed by atoms with van der Waals surface area (Å²) in [5.41, 5.74) is 0.335. The van der Waals surface area contributed by atoms with Crippen LogP contribution in [0.15, 0.2) is 54.6 Å². The zero-order valence-corrected chi connectivity index (χ0v) is 13.3. The van der Waals surface area contributed by atoms with Crippen molar-refractivity contribution in [2.75, 3.05) is 13.2 Å². The first-order chi connectivity index (χ1) is 11.5. The Hall–Kier alpha value is -2.86. The molecule has 2 amide bonds. The molecule has 124 valence electrons. The van der Waals surface area contributed by atoms with Crippen LogP contribution in [0.3, 0.4) is 0 Å². The number of ether oxygens (including phenoxy) is 2. The normalized spacial score (nSPS) is 9.88. The van der Waals surface area contributed by atoms with E-state index in [1.807, 2.05) is 0 Å². The second-order valence-corrected chi connectivity index (χ2v) is 5.09. The molecule has 0 radical (unpaired) electrons. The van der Waals surface area contributed by atoms with Gasteiger partial charge in [-0.05, 0) is 30.3 Å². The van der Waals surface area contributed by atoms with E-state index in [0.29, 0.717) is 16.3 Å². The zero-order chi connectivity index (χ0) is 17.4. The molecule has 0 aliphatic heterocycles. The number of esters is 1. The fourth-order valence-electron chi connectivity index (χ4n) is 1.71. The first kappa shape index (κ1) is 17.5. The summed E-state index contributed by atoms with van der Waals surface area (Å²) < 4.78 is 9.91. The van der Waals surface area contributed by atoms with Gasteiger partial charge in [0.2, 0.25) is 0 Å². The Bertz CT molecular complexity index is 733. The van der Waals surface area contributed by atoms with Gasteiger partial charge >= 0.3 is 5.97 Å². The van der Waals surface area contributed by atoms with Crippen molar-refractivity contribution in [2.45, 2.75) is 0 Å². The molecule has 0 atom stereocenters. The summed E-state index contributed by atoms with van der Waals surface area (Å²) in [6.45, 7) is -0.948. The zero-order valence-electron chi connectivity index (χ0n) is 12.5. The van der Waals surface area contributed by atoms with E-state index >= 15 is 0 Å². The maximum absolute atomic E-state index is 11.7. The van der Waals surface area contributed by atoms with E-state index in [1.165, 1.54) is 0 Å². The lowest BCUT2D eigenvalue weighted by atomic mass is 10.2. The summed E-state index contributed by atoms with van der Waals surface area (Å²) in [5, 5.41) is 2.59. The van der Waals surface area contributed by atoms with Crippen molar-refractivity contribution in [3.05, 3.63) is 65.2 Å². The molecule has 0 unspecified atom stereocenters. The van der Waals surface area contributed by atoms with E-state index in [0.717, 1.165) is 0 Å². The van der Waals surface area contributed by atoms with Crippen LogP contribution >= 0.6 is 11.6 Å². The summed E-state index contributed by atoms with van der Waals surface area (Å²) in [5.74, 6) is -1.62. The van der Waals surface area contributed by atoms with Crippen molar-refractivity contribution < 1.29 is 23.9 Å². The number of nitrogens with one attached hydrogen (secondary N) is 1. The molecule has 0 saturated carbocycles. The third kappa shape index (κ3) is 5.73. The van der Waals surface area contributed by atoms with Crippen LogP contribution < -0.4 is 10.1 Å². The number of halogens is 1. The summed E-state index contributed by atoms with van der Waals surface area (Å²) in [4.78, 5) is 34.8. The van der Waals surface area contributed by atoms with Crippen molar-refractivity contribution in [2.24, 2.45) is 0 Å². The molecule has 0 aliphatic carbocycles. The predicted molar refractivity (Wildman–Crippen MR) is 86.8 cm³/mol. The fourth-order valence-corrected chi connectivity index (χ4v) is 1.89. The van der Waals surface area contributed by atoms with Gasteiger partial charge in [0.15, 0.2) is 13.2 Å². The number of benzene rings is 2. The Morgan fingerprint density at radius 1 is 0.958 bits per heavy atom. The summed E-state index contributed by atoms with van der Waals surface area (Å²) in [6, 6.07) is 14.7. The molecule has 0 fully saturated rings. The highest BCUT2D eigenvalue weighted by Gasteiger charge is 2.12. The average molecular weight is 348 g/mol. The van der Waals surface area contributed by atoms with Gasteiger partial charge < -0.3 is 9.47 Å². The lowest BCUT2D eigenvalue weighted by molar-refractivity contribution is -0.150. The largest absolute Gasteiger partial charge is 0.482 e. The van der Waals surface area contributed by atoms with Gasteiger partial charge in [0.25, 0.3) is 11.8 Å². The molecular formula is C17H14ClNO5. The predicted octanol–water partition coefficient (Wildman–Crippen LogP) is 2.22. The first-order valence-electron chi connectivity index (χ1n) is 6.98. The fraction of sp³-hybridized carbons (Fsp3) is 0.118. The monoisotopic (exact) mass is 347 g/mol. The van der Waals surface area contributed by atoms with Gasteiger partial charge in [0, 0.05) is 10.6 Å². The van der Waals surface area contributed by atoms with E-state index in [9.17, 15) is 14.4 Å². The number of carbonyl (C=O) groups excluding carboxylic acids is 3. The summed E-state index contributed by atoms with van der Waals surface area (Å²) in [7, 11) is 0. The maximum atomic E-state index is 11.7. The van der Waals surface area contributed by atoms with E-state index in [4.69, 9.17) is 21.1 Å². The van der Waals surface area contributed by atoms with Crippen molar-refractivity contribution in [3.63, 3.8) is 0 Å². The lowest BCUT2D eigenvalue weighted by Gasteiger charge is -2.07. The van der Waals surface area contributed by atoms with E-state index in [1.54, 1.807) is 54.6 Å².